The molecule has 1 aliphatic rings. The van der Waals surface area contributed by atoms with Gasteiger partial charge in [-0.3, -0.25) is 0 Å². The van der Waals surface area contributed by atoms with Crippen molar-refractivity contribution in [2.45, 2.75) is 39.7 Å². The minimum Gasteiger partial charge on any atom is -0.489 e. The zero-order valence-electron chi connectivity index (χ0n) is 12.6. The van der Waals surface area contributed by atoms with Gasteiger partial charge in [0.15, 0.2) is 0 Å². The van der Waals surface area contributed by atoms with Gasteiger partial charge in [-0.1, -0.05) is 19.1 Å². The second kappa shape index (κ2) is 6.64. The number of urea groups is 1. The number of anilines is 1. The van der Waals surface area contributed by atoms with Crippen molar-refractivity contribution >= 4 is 11.7 Å². The van der Waals surface area contributed by atoms with Crippen LogP contribution in [0.4, 0.5) is 10.5 Å². The molecule has 1 aromatic rings. The lowest BCUT2D eigenvalue weighted by atomic mass is 10.00. The summed E-state index contributed by atoms with van der Waals surface area (Å²) in [4.78, 5) is 14.2. The van der Waals surface area contributed by atoms with E-state index in [-0.39, 0.29) is 12.1 Å². The van der Waals surface area contributed by atoms with Crippen LogP contribution in [0.15, 0.2) is 24.3 Å². The van der Waals surface area contributed by atoms with Crippen LogP contribution >= 0.6 is 0 Å². The second-order valence-electron chi connectivity index (χ2n) is 5.76. The quantitative estimate of drug-likeness (QED) is 0.913. The first-order valence-electron chi connectivity index (χ1n) is 7.38. The zero-order valence-corrected chi connectivity index (χ0v) is 12.6. The van der Waals surface area contributed by atoms with E-state index in [1.807, 2.05) is 43.0 Å². The van der Waals surface area contributed by atoms with E-state index in [1.165, 1.54) is 0 Å². The Labute approximate surface area is 121 Å². The van der Waals surface area contributed by atoms with Crippen molar-refractivity contribution in [3.8, 4) is 5.75 Å². The standard InChI is InChI=1S/C16H24N2O2/c1-12(2)20-15-7-5-4-6-14(15)17-16(19)18-10-8-13(3)9-11-18/h4-7,12-13H,8-11H2,1-3H3,(H,17,19). The Bertz CT molecular complexity index is 452. The third kappa shape index (κ3) is 3.89. The average Bonchev–Trinajstić information content (AvgIpc) is 2.41. The van der Waals surface area contributed by atoms with Gasteiger partial charge in [-0.25, -0.2) is 4.79 Å². The van der Waals surface area contributed by atoms with Crippen LogP contribution < -0.4 is 10.1 Å². The highest BCUT2D eigenvalue weighted by atomic mass is 16.5. The molecule has 4 heteroatoms. The molecular formula is C16H24N2O2. The normalized spacial score (nSPS) is 16.3. The van der Waals surface area contributed by atoms with Gasteiger partial charge in [0.1, 0.15) is 5.75 Å². The first kappa shape index (κ1) is 14.7. The Morgan fingerprint density at radius 2 is 1.95 bits per heavy atom. The number of piperidine rings is 1. The summed E-state index contributed by atoms with van der Waals surface area (Å²) in [5, 5.41) is 2.96. The summed E-state index contributed by atoms with van der Waals surface area (Å²) in [7, 11) is 0. The summed E-state index contributed by atoms with van der Waals surface area (Å²) in [6.45, 7) is 7.86. The van der Waals surface area contributed by atoms with Crippen LogP contribution in [0.25, 0.3) is 0 Å². The molecule has 0 unspecified atom stereocenters. The predicted molar refractivity (Wildman–Crippen MR) is 81.2 cm³/mol. The van der Waals surface area contributed by atoms with Gasteiger partial charge in [-0.2, -0.15) is 0 Å². The molecule has 1 heterocycles. The number of nitrogens with one attached hydrogen (secondary N) is 1. The van der Waals surface area contributed by atoms with Crippen molar-refractivity contribution in [1.82, 2.24) is 4.90 Å². The summed E-state index contributed by atoms with van der Waals surface area (Å²) < 4.78 is 5.72. The molecule has 0 bridgehead atoms. The van der Waals surface area contributed by atoms with Gasteiger partial charge in [-0.15, -0.1) is 0 Å². The Kier molecular flexibility index (Phi) is 4.88. The minimum absolute atomic E-state index is 0.0308. The van der Waals surface area contributed by atoms with Crippen molar-refractivity contribution in [2.75, 3.05) is 18.4 Å². The zero-order chi connectivity index (χ0) is 14.5. The first-order valence-corrected chi connectivity index (χ1v) is 7.38. The maximum Gasteiger partial charge on any atom is 0.321 e. The molecule has 0 spiro atoms. The van der Waals surface area contributed by atoms with Gasteiger partial charge in [0, 0.05) is 13.1 Å². The monoisotopic (exact) mass is 276 g/mol. The van der Waals surface area contributed by atoms with E-state index in [9.17, 15) is 4.79 Å². The lowest BCUT2D eigenvalue weighted by molar-refractivity contribution is 0.186. The van der Waals surface area contributed by atoms with E-state index in [4.69, 9.17) is 4.74 Å². The highest BCUT2D eigenvalue weighted by Crippen LogP contribution is 2.26. The molecule has 2 rings (SSSR count). The van der Waals surface area contributed by atoms with Crippen molar-refractivity contribution in [3.63, 3.8) is 0 Å². The number of ether oxygens (including phenoxy) is 1. The maximum absolute atomic E-state index is 12.3. The number of nitrogens with zero attached hydrogens (tertiary/aromatic N) is 1. The third-order valence-corrected chi connectivity index (χ3v) is 3.56. The molecule has 4 nitrogen and oxygen atoms in total. The van der Waals surface area contributed by atoms with Gasteiger partial charge >= 0.3 is 6.03 Å². The van der Waals surface area contributed by atoms with E-state index < -0.39 is 0 Å². The fraction of sp³-hybridized carbons (Fsp3) is 0.562. The average molecular weight is 276 g/mol. The van der Waals surface area contributed by atoms with Crippen LogP contribution in [0.1, 0.15) is 33.6 Å². The molecule has 1 fully saturated rings. The number of likely N-dealkylation sites (tertiary alicyclic amines) is 1. The number of hydrogen-bond acceptors (Lipinski definition) is 2. The molecule has 110 valence electrons. The summed E-state index contributed by atoms with van der Waals surface area (Å²) in [5.41, 5.74) is 0.741. The Morgan fingerprint density at radius 1 is 1.30 bits per heavy atom. The summed E-state index contributed by atoms with van der Waals surface area (Å²) in [5.74, 6) is 1.44. The molecule has 0 atom stereocenters. The predicted octanol–water partition coefficient (Wildman–Crippen LogP) is 3.74. The number of carbonyl (C=O) groups is 1. The van der Waals surface area contributed by atoms with Crippen LogP contribution in [0.5, 0.6) is 5.75 Å². The summed E-state index contributed by atoms with van der Waals surface area (Å²) >= 11 is 0. The van der Waals surface area contributed by atoms with Crippen LogP contribution in [0.2, 0.25) is 0 Å². The number of rotatable bonds is 3. The highest BCUT2D eigenvalue weighted by molar-refractivity contribution is 5.91. The van der Waals surface area contributed by atoms with Gasteiger partial charge in [0.05, 0.1) is 11.8 Å². The number of hydrogen-bond donors (Lipinski definition) is 1. The number of carbonyl (C=O) groups excluding carboxylic acids is 1. The molecule has 1 aromatic carbocycles. The van der Waals surface area contributed by atoms with Gasteiger partial charge < -0.3 is 15.0 Å². The molecule has 0 radical (unpaired) electrons. The smallest absolute Gasteiger partial charge is 0.321 e. The molecular weight excluding hydrogens is 252 g/mol. The number of amides is 2. The highest BCUT2D eigenvalue weighted by Gasteiger charge is 2.21. The third-order valence-electron chi connectivity index (χ3n) is 3.56. The Balaban J connectivity index is 2.00. The molecule has 1 aliphatic heterocycles. The van der Waals surface area contributed by atoms with Crippen LogP contribution in [0.3, 0.4) is 0 Å². The summed E-state index contributed by atoms with van der Waals surface area (Å²) in [6.07, 6.45) is 2.25. The number of para-hydroxylation sites is 2. The van der Waals surface area contributed by atoms with Crippen molar-refractivity contribution in [2.24, 2.45) is 5.92 Å². The first-order chi connectivity index (χ1) is 9.56. The molecule has 2 amide bonds. The molecule has 20 heavy (non-hydrogen) atoms. The van der Waals surface area contributed by atoms with Gasteiger partial charge in [-0.05, 0) is 44.7 Å². The Hall–Kier alpha value is -1.71. The lowest BCUT2D eigenvalue weighted by Gasteiger charge is -2.30. The summed E-state index contributed by atoms with van der Waals surface area (Å²) in [6, 6.07) is 7.55. The second-order valence-corrected chi connectivity index (χ2v) is 5.76. The van der Waals surface area contributed by atoms with E-state index >= 15 is 0 Å². The van der Waals surface area contributed by atoms with E-state index in [2.05, 4.69) is 12.2 Å². The van der Waals surface area contributed by atoms with Crippen LogP contribution in [-0.2, 0) is 0 Å². The molecule has 1 saturated heterocycles. The van der Waals surface area contributed by atoms with Crippen LogP contribution in [0, 0.1) is 5.92 Å². The van der Waals surface area contributed by atoms with Crippen molar-refractivity contribution < 1.29 is 9.53 Å². The van der Waals surface area contributed by atoms with Crippen molar-refractivity contribution in [1.29, 1.82) is 0 Å². The van der Waals surface area contributed by atoms with E-state index in [0.29, 0.717) is 0 Å². The van der Waals surface area contributed by atoms with Crippen molar-refractivity contribution in [3.05, 3.63) is 24.3 Å². The fourth-order valence-corrected chi connectivity index (χ4v) is 2.33. The Morgan fingerprint density at radius 3 is 2.60 bits per heavy atom. The fourth-order valence-electron chi connectivity index (χ4n) is 2.33. The molecule has 0 aromatic heterocycles. The lowest BCUT2D eigenvalue weighted by Crippen LogP contribution is -2.40. The largest absolute Gasteiger partial charge is 0.489 e. The van der Waals surface area contributed by atoms with E-state index in [1.54, 1.807) is 0 Å². The maximum atomic E-state index is 12.3. The minimum atomic E-state index is -0.0308. The van der Waals surface area contributed by atoms with Crippen LogP contribution in [-0.4, -0.2) is 30.1 Å². The SMILES string of the molecule is CC1CCN(C(=O)Nc2ccccc2OC(C)C)CC1. The molecule has 1 N–H and O–H groups in total. The van der Waals surface area contributed by atoms with Gasteiger partial charge in [0.2, 0.25) is 0 Å². The molecule has 0 aliphatic carbocycles. The topological polar surface area (TPSA) is 41.6 Å². The van der Waals surface area contributed by atoms with Gasteiger partial charge in [0.25, 0.3) is 0 Å². The number of benzene rings is 1. The van der Waals surface area contributed by atoms with E-state index in [0.717, 1.165) is 43.3 Å². The molecule has 0 saturated carbocycles.